The van der Waals surface area contributed by atoms with Gasteiger partial charge in [-0.3, -0.25) is 34.2 Å². The molecule has 3 saturated heterocycles. The van der Waals surface area contributed by atoms with Gasteiger partial charge in [-0.2, -0.15) is 5.10 Å². The SMILES string of the molecule is Nc1ncnc2c1c(-c1ccc(Oc3ccccc3)cc1)nn2[C@@H]1CCCN(C(=O)/C=C/CN2CCN(C(=O)CCSc3cccc4c3CN(C3CCC(=O)NC3=O)C4=O)CC2)C1. The molecule has 63 heavy (non-hydrogen) atoms. The minimum absolute atomic E-state index is 0.0528. The Morgan fingerprint density at radius 2 is 1.68 bits per heavy atom. The lowest BCUT2D eigenvalue weighted by Gasteiger charge is -2.34. The Kier molecular flexibility index (Phi) is 12.2. The minimum Gasteiger partial charge on any atom is -0.457 e. The van der Waals surface area contributed by atoms with Crippen LogP contribution in [0.2, 0.25) is 0 Å². The first-order valence-corrected chi connectivity index (χ1v) is 22.4. The van der Waals surface area contributed by atoms with Gasteiger partial charge in [0.1, 0.15) is 35.4 Å². The van der Waals surface area contributed by atoms with Crippen LogP contribution >= 0.6 is 11.8 Å². The summed E-state index contributed by atoms with van der Waals surface area (Å²) in [6.45, 7) is 4.66. The Labute approximate surface area is 368 Å². The molecule has 9 rings (SSSR count). The van der Waals surface area contributed by atoms with Gasteiger partial charge in [-0.15, -0.1) is 11.8 Å². The summed E-state index contributed by atoms with van der Waals surface area (Å²) in [5.74, 6) is 1.42. The number of nitrogens with zero attached hydrogens (tertiary/aromatic N) is 8. The number of carbonyl (C=O) groups excluding carboxylic acids is 5. The number of ether oxygens (including phenoxy) is 1. The van der Waals surface area contributed by atoms with E-state index < -0.39 is 11.9 Å². The van der Waals surface area contributed by atoms with E-state index in [0.29, 0.717) is 105 Å². The molecular formula is C46H48N10O6S. The highest BCUT2D eigenvalue weighted by Gasteiger charge is 2.40. The number of rotatable bonds is 12. The molecule has 1 unspecified atom stereocenters. The van der Waals surface area contributed by atoms with Crippen molar-refractivity contribution in [3.05, 3.63) is 102 Å². The molecule has 2 aromatic heterocycles. The topological polar surface area (TPSA) is 189 Å². The van der Waals surface area contributed by atoms with E-state index in [1.165, 1.54) is 6.33 Å². The Morgan fingerprint density at radius 3 is 2.48 bits per heavy atom. The number of thioether (sulfide) groups is 1. The van der Waals surface area contributed by atoms with E-state index in [0.717, 1.165) is 34.6 Å². The van der Waals surface area contributed by atoms with Gasteiger partial charge in [0, 0.05) is 93.1 Å². The third-order valence-corrected chi connectivity index (χ3v) is 13.2. The number of amides is 5. The summed E-state index contributed by atoms with van der Waals surface area (Å²) in [6.07, 6.45) is 7.54. The monoisotopic (exact) mass is 868 g/mol. The Balaban J connectivity index is 0.744. The fraction of sp³-hybridized carbons (Fsp3) is 0.348. The molecule has 3 N–H and O–H groups in total. The molecule has 324 valence electrons. The second-order valence-electron chi connectivity index (χ2n) is 16.1. The van der Waals surface area contributed by atoms with Gasteiger partial charge in [0.05, 0.1) is 11.4 Å². The molecule has 0 spiro atoms. The largest absolute Gasteiger partial charge is 0.457 e. The smallest absolute Gasteiger partial charge is 0.255 e. The Bertz CT molecular complexity index is 2580. The maximum Gasteiger partial charge on any atom is 0.255 e. The van der Waals surface area contributed by atoms with E-state index in [4.69, 9.17) is 15.6 Å². The highest BCUT2D eigenvalue weighted by Crippen LogP contribution is 2.36. The van der Waals surface area contributed by atoms with Crippen molar-refractivity contribution >= 4 is 58.1 Å². The standard InChI is InChI=1S/C46H48N10O6S/c47-43-41-42(30-13-15-33(16-14-30)62-32-8-2-1-3-9-32)51-56(44(41)49-29-48-43)31-7-5-21-54(27-31)39(58)12-6-20-52-22-24-53(25-23-52)40(59)19-26-63-37-11-4-10-34-35(37)28-55(46(34)61)36-17-18-38(57)50-45(36)60/h1-4,6,8-16,29,31,36H,5,7,17-28H2,(H2,47,48,49)(H,50,57,60)/b12-6+/t31-,36?/m1/s1. The number of para-hydroxylation sites is 1. The summed E-state index contributed by atoms with van der Waals surface area (Å²) >= 11 is 1.54. The third kappa shape index (κ3) is 9.02. The number of aromatic nitrogens is 4. The summed E-state index contributed by atoms with van der Waals surface area (Å²) in [5, 5.41) is 8.05. The molecule has 4 aliphatic rings. The number of fused-ring (bicyclic) bond motifs is 2. The summed E-state index contributed by atoms with van der Waals surface area (Å²) < 4.78 is 7.88. The van der Waals surface area contributed by atoms with Crippen LogP contribution in [0.4, 0.5) is 5.82 Å². The first-order valence-electron chi connectivity index (χ1n) is 21.4. The van der Waals surface area contributed by atoms with Gasteiger partial charge in [0.2, 0.25) is 23.6 Å². The van der Waals surface area contributed by atoms with Gasteiger partial charge in [-0.25, -0.2) is 14.6 Å². The van der Waals surface area contributed by atoms with Crippen molar-refractivity contribution in [3.63, 3.8) is 0 Å². The van der Waals surface area contributed by atoms with Crippen molar-refractivity contribution in [1.29, 1.82) is 0 Å². The van der Waals surface area contributed by atoms with E-state index in [1.807, 2.05) is 87.3 Å². The molecule has 5 amide bonds. The van der Waals surface area contributed by atoms with Gasteiger partial charge in [0.15, 0.2) is 5.65 Å². The number of nitrogens with two attached hydrogens (primary N) is 1. The van der Waals surface area contributed by atoms with Gasteiger partial charge in [-0.1, -0.05) is 30.3 Å². The number of carbonyl (C=O) groups is 5. The molecule has 16 nitrogen and oxygen atoms in total. The second kappa shape index (κ2) is 18.4. The molecule has 3 fully saturated rings. The van der Waals surface area contributed by atoms with Crippen LogP contribution in [0.5, 0.6) is 11.5 Å². The third-order valence-electron chi connectivity index (χ3n) is 12.1. The Hall–Kier alpha value is -6.59. The van der Waals surface area contributed by atoms with Crippen LogP contribution in [0.15, 0.2) is 96.2 Å². The zero-order valence-electron chi connectivity index (χ0n) is 34.7. The maximum atomic E-state index is 13.5. The fourth-order valence-corrected chi connectivity index (χ4v) is 9.82. The van der Waals surface area contributed by atoms with Crippen LogP contribution in [-0.2, 0) is 25.7 Å². The van der Waals surface area contributed by atoms with Gasteiger partial charge < -0.3 is 25.2 Å². The molecular weight excluding hydrogens is 821 g/mol. The number of nitrogen functional groups attached to an aromatic ring is 1. The molecule has 0 bridgehead atoms. The Morgan fingerprint density at radius 1 is 0.889 bits per heavy atom. The molecule has 6 heterocycles. The minimum atomic E-state index is -0.668. The van der Waals surface area contributed by atoms with E-state index >= 15 is 0 Å². The number of piperazine rings is 1. The summed E-state index contributed by atoms with van der Waals surface area (Å²) in [5.41, 5.74) is 10.00. The number of piperidine rings is 2. The average Bonchev–Trinajstić information content (AvgIpc) is 3.86. The highest BCUT2D eigenvalue weighted by molar-refractivity contribution is 7.99. The zero-order chi connectivity index (χ0) is 43.5. The zero-order valence-corrected chi connectivity index (χ0v) is 35.5. The normalized spacial score (nSPS) is 19.5. The van der Waals surface area contributed by atoms with E-state index in [9.17, 15) is 24.0 Å². The number of likely N-dealkylation sites (tertiary alicyclic amines) is 1. The first-order chi connectivity index (χ1) is 30.7. The lowest BCUT2D eigenvalue weighted by molar-refractivity contribution is -0.137. The molecule has 0 saturated carbocycles. The molecule has 5 aromatic rings. The molecule has 17 heteroatoms. The number of nitrogens with one attached hydrogen (secondary N) is 1. The van der Waals surface area contributed by atoms with Crippen LogP contribution in [0.25, 0.3) is 22.3 Å². The highest BCUT2D eigenvalue weighted by atomic mass is 32.2. The van der Waals surface area contributed by atoms with E-state index in [-0.39, 0.29) is 36.1 Å². The summed E-state index contributed by atoms with van der Waals surface area (Å²) in [7, 11) is 0. The van der Waals surface area contributed by atoms with Crippen LogP contribution in [0, 0.1) is 0 Å². The van der Waals surface area contributed by atoms with Crippen molar-refractivity contribution in [2.45, 2.75) is 55.6 Å². The number of hydrogen-bond donors (Lipinski definition) is 2. The summed E-state index contributed by atoms with van der Waals surface area (Å²) in [4.78, 5) is 81.4. The van der Waals surface area contributed by atoms with Crippen LogP contribution in [0.1, 0.15) is 54.1 Å². The lowest BCUT2D eigenvalue weighted by Crippen LogP contribution is -2.52. The van der Waals surface area contributed by atoms with Crippen molar-refractivity contribution in [1.82, 2.24) is 44.7 Å². The van der Waals surface area contributed by atoms with Gasteiger partial charge in [-0.05, 0) is 73.4 Å². The first kappa shape index (κ1) is 41.7. The number of hydrogen-bond acceptors (Lipinski definition) is 12. The quantitative estimate of drug-likeness (QED) is 0.100. The van der Waals surface area contributed by atoms with E-state index in [1.54, 1.807) is 28.8 Å². The number of benzene rings is 3. The maximum absolute atomic E-state index is 13.5. The second-order valence-corrected chi connectivity index (χ2v) is 17.3. The molecule has 0 aliphatic carbocycles. The predicted octanol–water partition coefficient (Wildman–Crippen LogP) is 4.68. The predicted molar refractivity (Wildman–Crippen MR) is 237 cm³/mol. The molecule has 3 aromatic carbocycles. The number of anilines is 1. The van der Waals surface area contributed by atoms with Crippen molar-refractivity contribution in [2.75, 3.05) is 57.3 Å². The van der Waals surface area contributed by atoms with Crippen LogP contribution < -0.4 is 15.8 Å². The van der Waals surface area contributed by atoms with Crippen molar-refractivity contribution in [3.8, 4) is 22.8 Å². The van der Waals surface area contributed by atoms with Crippen molar-refractivity contribution < 1.29 is 28.7 Å². The number of imide groups is 1. The fourth-order valence-electron chi connectivity index (χ4n) is 8.80. The average molecular weight is 869 g/mol. The van der Waals surface area contributed by atoms with E-state index in [2.05, 4.69) is 20.2 Å². The van der Waals surface area contributed by atoms with Gasteiger partial charge in [0.25, 0.3) is 5.91 Å². The van der Waals surface area contributed by atoms with Crippen LogP contribution in [0.3, 0.4) is 0 Å². The van der Waals surface area contributed by atoms with Crippen LogP contribution in [-0.4, -0.2) is 126 Å². The molecule has 0 radical (unpaired) electrons. The molecule has 4 aliphatic heterocycles. The summed E-state index contributed by atoms with van der Waals surface area (Å²) in [6, 6.07) is 22.1. The van der Waals surface area contributed by atoms with Crippen molar-refractivity contribution in [2.24, 2.45) is 0 Å². The van der Waals surface area contributed by atoms with Gasteiger partial charge >= 0.3 is 0 Å². The lowest BCUT2D eigenvalue weighted by atomic mass is 10.0. The molecule has 2 atom stereocenters.